The number of para-hydroxylation sites is 1. The average Bonchev–Trinajstić information content (AvgIpc) is 3.00. The smallest absolute Gasteiger partial charge is 0.0855 e. The van der Waals surface area contributed by atoms with Gasteiger partial charge in [0.1, 0.15) is 0 Å². The molecule has 0 radical (unpaired) electrons. The quantitative estimate of drug-likeness (QED) is 0.534. The van der Waals surface area contributed by atoms with E-state index in [-0.39, 0.29) is 5.54 Å². The van der Waals surface area contributed by atoms with Gasteiger partial charge in [0, 0.05) is 42.7 Å². The van der Waals surface area contributed by atoms with E-state index in [1.54, 1.807) is 5.56 Å². The maximum atomic E-state index is 9.68. The third kappa shape index (κ3) is 2.24. The number of fused-ring (bicyclic) bond motifs is 6. The molecule has 3 heterocycles. The Hall–Kier alpha value is -2.07. The van der Waals surface area contributed by atoms with Gasteiger partial charge in [-0.2, -0.15) is 0 Å². The highest BCUT2D eigenvalue weighted by atomic mass is 16.4. The molecule has 1 aromatic carbocycles. The van der Waals surface area contributed by atoms with Crippen molar-refractivity contribution in [3.05, 3.63) is 47.2 Å². The molecule has 1 N–H and O–H groups in total. The normalized spacial score (nSPS) is 35.8. The van der Waals surface area contributed by atoms with Gasteiger partial charge in [-0.1, -0.05) is 36.4 Å². The molecular formula is C24H31N3O. The monoisotopic (exact) mass is 377 g/mol. The summed E-state index contributed by atoms with van der Waals surface area (Å²) in [6.07, 6.45) is 5.46. The molecule has 1 aliphatic carbocycles. The third-order valence-electron chi connectivity index (χ3n) is 8.09. The number of hydrogen-bond donors (Lipinski definition) is 1. The van der Waals surface area contributed by atoms with Gasteiger partial charge in [-0.05, 0) is 62.1 Å². The first-order valence-electron chi connectivity index (χ1n) is 10.7. The lowest BCUT2D eigenvalue weighted by molar-refractivity contribution is -0.0298. The van der Waals surface area contributed by atoms with Crippen molar-refractivity contribution in [2.24, 2.45) is 30.0 Å². The van der Waals surface area contributed by atoms with Gasteiger partial charge in [0.25, 0.3) is 0 Å². The number of oxime groups is 1. The third-order valence-corrected chi connectivity index (χ3v) is 8.09. The lowest BCUT2D eigenvalue weighted by atomic mass is 9.61. The van der Waals surface area contributed by atoms with Gasteiger partial charge < -0.3 is 9.77 Å². The van der Waals surface area contributed by atoms with E-state index in [9.17, 15) is 5.21 Å². The average molecular weight is 378 g/mol. The number of nitrogens with zero attached hydrogens (tertiary/aromatic N) is 3. The summed E-state index contributed by atoms with van der Waals surface area (Å²) in [7, 11) is 2.24. The number of piperidine rings is 1. The van der Waals surface area contributed by atoms with Gasteiger partial charge in [0.15, 0.2) is 0 Å². The fourth-order valence-corrected chi connectivity index (χ4v) is 6.72. The number of allylic oxidation sites excluding steroid dienone is 2. The Balaban J connectivity index is 1.62. The van der Waals surface area contributed by atoms with Crippen LogP contribution in [-0.2, 0) is 19.0 Å². The van der Waals surface area contributed by atoms with Gasteiger partial charge in [-0.25, -0.2) is 0 Å². The molecule has 0 bridgehead atoms. The van der Waals surface area contributed by atoms with E-state index >= 15 is 0 Å². The van der Waals surface area contributed by atoms with E-state index in [2.05, 4.69) is 72.8 Å². The van der Waals surface area contributed by atoms with Crippen molar-refractivity contribution in [3.63, 3.8) is 0 Å². The van der Waals surface area contributed by atoms with Crippen molar-refractivity contribution in [1.29, 1.82) is 0 Å². The molecule has 3 aliphatic rings. The molecule has 4 atom stereocenters. The molecule has 4 nitrogen and oxygen atoms in total. The molecule has 2 aliphatic heterocycles. The van der Waals surface area contributed by atoms with Crippen LogP contribution in [0.2, 0.25) is 0 Å². The maximum Gasteiger partial charge on any atom is 0.0855 e. The van der Waals surface area contributed by atoms with Gasteiger partial charge in [0.2, 0.25) is 0 Å². The zero-order valence-corrected chi connectivity index (χ0v) is 17.4. The van der Waals surface area contributed by atoms with Crippen LogP contribution in [0.5, 0.6) is 0 Å². The van der Waals surface area contributed by atoms with E-state index in [0.29, 0.717) is 17.8 Å². The van der Waals surface area contributed by atoms with Crippen LogP contribution in [0.1, 0.15) is 44.9 Å². The first-order chi connectivity index (χ1) is 13.5. The highest BCUT2D eigenvalue weighted by Crippen LogP contribution is 2.52. The van der Waals surface area contributed by atoms with E-state index in [4.69, 9.17) is 0 Å². The topological polar surface area (TPSA) is 40.8 Å². The molecule has 2 fully saturated rings. The van der Waals surface area contributed by atoms with Crippen molar-refractivity contribution in [2.45, 2.75) is 45.6 Å². The van der Waals surface area contributed by atoms with Crippen molar-refractivity contribution in [1.82, 2.24) is 9.47 Å². The molecule has 1 aromatic heterocycles. The Kier molecular flexibility index (Phi) is 3.99. The molecule has 1 saturated heterocycles. The second kappa shape index (κ2) is 6.21. The fourth-order valence-electron chi connectivity index (χ4n) is 6.72. The standard InChI is InChI=1S/C24H31N3O/c1-5-16-12-17-14-27-11-10-19-18-8-6-7-9-21(18)26(4)23(19)24(27,3)13-20(17)15(2)22(16)25-28/h5-9,15,17,20,28H,10-14H2,1-4H3/t15-,17?,20?,24+/m1/s1. The maximum absolute atomic E-state index is 9.68. The number of rotatable bonds is 0. The zero-order chi connectivity index (χ0) is 19.6. The molecule has 4 heteroatoms. The molecule has 2 unspecified atom stereocenters. The minimum absolute atomic E-state index is 0.0464. The number of aryl methyl sites for hydroxylation is 1. The van der Waals surface area contributed by atoms with Crippen LogP contribution in [0.4, 0.5) is 0 Å². The SMILES string of the molecule is CC=C1CC2CN3CCc4c(n(C)c5ccccc45)[C@]3(C)CC2[C@@H](C)C1=NO. The molecule has 0 amide bonds. The van der Waals surface area contributed by atoms with E-state index in [1.807, 2.05) is 0 Å². The van der Waals surface area contributed by atoms with Crippen LogP contribution < -0.4 is 0 Å². The summed E-state index contributed by atoms with van der Waals surface area (Å²) in [5, 5.41) is 14.8. The predicted octanol–water partition coefficient (Wildman–Crippen LogP) is 4.70. The first kappa shape index (κ1) is 18.0. The first-order valence-corrected chi connectivity index (χ1v) is 10.7. The molecule has 2 aromatic rings. The minimum Gasteiger partial charge on any atom is -0.411 e. The van der Waals surface area contributed by atoms with Crippen LogP contribution in [-0.4, -0.2) is 33.5 Å². The van der Waals surface area contributed by atoms with Crippen LogP contribution in [0.15, 0.2) is 41.1 Å². The van der Waals surface area contributed by atoms with Crippen molar-refractivity contribution in [3.8, 4) is 0 Å². The zero-order valence-electron chi connectivity index (χ0n) is 17.4. The highest BCUT2D eigenvalue weighted by molar-refractivity contribution is 6.02. The van der Waals surface area contributed by atoms with Crippen molar-refractivity contribution < 1.29 is 5.21 Å². The van der Waals surface area contributed by atoms with E-state index < -0.39 is 0 Å². The summed E-state index contributed by atoms with van der Waals surface area (Å²) in [6, 6.07) is 8.86. The molecule has 1 saturated carbocycles. The summed E-state index contributed by atoms with van der Waals surface area (Å²) in [5.41, 5.74) is 6.60. The number of benzene rings is 1. The minimum atomic E-state index is 0.0464. The number of hydrogen-bond acceptors (Lipinski definition) is 3. The molecule has 148 valence electrons. The summed E-state index contributed by atoms with van der Waals surface area (Å²) in [4.78, 5) is 2.75. The molecular weight excluding hydrogens is 346 g/mol. The second-order valence-electron chi connectivity index (χ2n) is 9.29. The van der Waals surface area contributed by atoms with Crippen molar-refractivity contribution in [2.75, 3.05) is 13.1 Å². The van der Waals surface area contributed by atoms with E-state index in [0.717, 1.165) is 38.1 Å². The van der Waals surface area contributed by atoms with Crippen LogP contribution in [0, 0.1) is 17.8 Å². The Morgan fingerprint density at radius 3 is 2.82 bits per heavy atom. The van der Waals surface area contributed by atoms with Gasteiger partial charge in [-0.15, -0.1) is 0 Å². The van der Waals surface area contributed by atoms with Gasteiger partial charge >= 0.3 is 0 Å². The molecule has 0 spiro atoms. The van der Waals surface area contributed by atoms with Gasteiger partial charge in [-0.3, -0.25) is 4.90 Å². The highest BCUT2D eigenvalue weighted by Gasteiger charge is 2.52. The Morgan fingerprint density at radius 1 is 1.29 bits per heavy atom. The Bertz CT molecular complexity index is 1000. The van der Waals surface area contributed by atoms with Crippen LogP contribution in [0.3, 0.4) is 0 Å². The number of aromatic nitrogens is 1. The van der Waals surface area contributed by atoms with Crippen molar-refractivity contribution >= 4 is 16.6 Å². The molecule has 5 rings (SSSR count). The fraction of sp³-hybridized carbons (Fsp3) is 0.542. The van der Waals surface area contributed by atoms with Crippen LogP contribution in [0.25, 0.3) is 10.9 Å². The van der Waals surface area contributed by atoms with Crippen LogP contribution >= 0.6 is 0 Å². The lowest BCUT2D eigenvalue weighted by Crippen LogP contribution is -2.59. The van der Waals surface area contributed by atoms with Gasteiger partial charge in [0.05, 0.1) is 11.3 Å². The lowest BCUT2D eigenvalue weighted by Gasteiger charge is -2.56. The second-order valence-corrected chi connectivity index (χ2v) is 9.29. The summed E-state index contributed by atoms with van der Waals surface area (Å²) in [6.45, 7) is 9.07. The summed E-state index contributed by atoms with van der Waals surface area (Å²) < 4.78 is 2.45. The molecule has 28 heavy (non-hydrogen) atoms. The van der Waals surface area contributed by atoms with E-state index in [1.165, 1.54) is 22.2 Å². The predicted molar refractivity (Wildman–Crippen MR) is 114 cm³/mol. The Labute approximate surface area is 167 Å². The largest absolute Gasteiger partial charge is 0.411 e. The summed E-state index contributed by atoms with van der Waals surface area (Å²) >= 11 is 0. The summed E-state index contributed by atoms with van der Waals surface area (Å²) in [5.74, 6) is 1.50. The Morgan fingerprint density at radius 2 is 2.07 bits per heavy atom.